The molecule has 0 saturated carbocycles. The van der Waals surface area contributed by atoms with E-state index in [0.717, 1.165) is 21.4 Å². The largest absolute Gasteiger partial charge is 0.313 e. The summed E-state index contributed by atoms with van der Waals surface area (Å²) < 4.78 is 0.985. The van der Waals surface area contributed by atoms with Gasteiger partial charge in [0.1, 0.15) is 4.88 Å². The van der Waals surface area contributed by atoms with E-state index in [0.29, 0.717) is 28.4 Å². The van der Waals surface area contributed by atoms with Crippen LogP contribution in [0.4, 0.5) is 0 Å². The second-order valence-corrected chi connectivity index (χ2v) is 8.57. The molecule has 6 nitrogen and oxygen atoms in total. The lowest BCUT2D eigenvalue weighted by molar-refractivity contribution is 0.0827. The maximum atomic E-state index is 13.1. The summed E-state index contributed by atoms with van der Waals surface area (Å²) in [5, 5.41) is 4.18. The average Bonchev–Trinajstić information content (AvgIpc) is 3.15. The molecule has 1 unspecified atom stereocenters. The molecule has 2 aliphatic rings. The topological polar surface area (TPSA) is 74.1 Å². The summed E-state index contributed by atoms with van der Waals surface area (Å²) in [6.07, 6.45) is 3.32. The molecule has 0 aliphatic carbocycles. The van der Waals surface area contributed by atoms with Gasteiger partial charge >= 0.3 is 0 Å². The first kappa shape index (κ1) is 19.7. The Labute approximate surface area is 187 Å². The van der Waals surface area contributed by atoms with Crippen LogP contribution in [0.3, 0.4) is 0 Å². The second kappa shape index (κ2) is 8.09. The van der Waals surface area contributed by atoms with Crippen LogP contribution in [-0.4, -0.2) is 41.5 Å². The molecule has 2 aromatic carbocycles. The van der Waals surface area contributed by atoms with Crippen LogP contribution < -0.4 is 5.32 Å². The number of hydrogen-bond acceptors (Lipinski definition) is 5. The Kier molecular flexibility index (Phi) is 5.13. The van der Waals surface area contributed by atoms with Crippen molar-refractivity contribution in [2.45, 2.75) is 12.7 Å². The number of allylic oxidation sites excluding steroid dienone is 1. The monoisotopic (exact) mass is 448 g/mol. The molecule has 5 rings (SSSR count). The third-order valence-corrected chi connectivity index (χ3v) is 6.80. The normalized spacial score (nSPS) is 17.7. The van der Waals surface area contributed by atoms with Gasteiger partial charge in [0.05, 0.1) is 10.7 Å². The number of halogens is 1. The van der Waals surface area contributed by atoms with Gasteiger partial charge in [-0.2, -0.15) is 0 Å². The lowest BCUT2D eigenvalue weighted by Crippen LogP contribution is -2.38. The minimum atomic E-state index is -0.667. The van der Waals surface area contributed by atoms with Crippen LogP contribution in [0.5, 0.6) is 0 Å². The number of benzene rings is 2. The van der Waals surface area contributed by atoms with Crippen LogP contribution in [0, 0.1) is 0 Å². The molecule has 1 aromatic heterocycles. The van der Waals surface area contributed by atoms with Crippen LogP contribution in [-0.2, 0) is 0 Å². The maximum Gasteiger partial charge on any atom is 0.269 e. The van der Waals surface area contributed by atoms with E-state index in [1.807, 2.05) is 30.3 Å². The van der Waals surface area contributed by atoms with Gasteiger partial charge in [-0.1, -0.05) is 48.0 Å². The van der Waals surface area contributed by atoms with Crippen molar-refractivity contribution in [3.8, 4) is 0 Å². The number of aliphatic imine (C=N–C) groups is 2. The molecular weight excluding hydrogens is 432 g/mol. The van der Waals surface area contributed by atoms with Crippen molar-refractivity contribution in [3.05, 3.63) is 81.8 Å². The molecule has 31 heavy (non-hydrogen) atoms. The molecule has 0 bridgehead atoms. The highest BCUT2D eigenvalue weighted by Crippen LogP contribution is 2.36. The summed E-state index contributed by atoms with van der Waals surface area (Å²) in [6.45, 7) is 0.485. The predicted molar refractivity (Wildman–Crippen MR) is 124 cm³/mol. The highest BCUT2D eigenvalue weighted by molar-refractivity contribution is 7.21. The summed E-state index contributed by atoms with van der Waals surface area (Å²) in [7, 11) is 0. The molecule has 3 aromatic rings. The molecule has 1 atom stereocenters. The van der Waals surface area contributed by atoms with Gasteiger partial charge < -0.3 is 10.2 Å². The van der Waals surface area contributed by atoms with Crippen LogP contribution in [0.2, 0.25) is 5.02 Å². The Morgan fingerprint density at radius 2 is 1.87 bits per heavy atom. The van der Waals surface area contributed by atoms with E-state index in [9.17, 15) is 9.59 Å². The number of thiophene rings is 1. The molecule has 2 aliphatic heterocycles. The van der Waals surface area contributed by atoms with Crippen LogP contribution in [0.15, 0.2) is 76.4 Å². The number of rotatable bonds is 3. The van der Waals surface area contributed by atoms with E-state index in [1.54, 1.807) is 41.6 Å². The van der Waals surface area contributed by atoms with Gasteiger partial charge in [0.15, 0.2) is 0 Å². The Morgan fingerprint density at radius 1 is 1.10 bits per heavy atom. The third kappa shape index (κ3) is 3.78. The van der Waals surface area contributed by atoms with Crippen LogP contribution in [0.1, 0.15) is 26.5 Å². The Balaban J connectivity index is 1.33. The smallest absolute Gasteiger partial charge is 0.269 e. The first-order chi connectivity index (χ1) is 15.1. The first-order valence-corrected chi connectivity index (χ1v) is 11.0. The second-order valence-electron chi connectivity index (χ2n) is 7.14. The highest BCUT2D eigenvalue weighted by atomic mass is 35.5. The van der Waals surface area contributed by atoms with E-state index in [2.05, 4.69) is 15.3 Å². The van der Waals surface area contributed by atoms with Crippen molar-refractivity contribution in [2.75, 3.05) is 6.54 Å². The fraction of sp³-hybridized carbons (Fsp3) is 0.130. The quantitative estimate of drug-likeness (QED) is 0.639. The van der Waals surface area contributed by atoms with Gasteiger partial charge in [-0.05, 0) is 18.2 Å². The predicted octanol–water partition coefficient (Wildman–Crippen LogP) is 4.52. The van der Waals surface area contributed by atoms with Gasteiger partial charge in [-0.3, -0.25) is 9.59 Å². The van der Waals surface area contributed by atoms with Crippen molar-refractivity contribution in [2.24, 2.45) is 9.98 Å². The summed E-state index contributed by atoms with van der Waals surface area (Å²) in [5.41, 5.74) is 2.14. The molecule has 3 heterocycles. The number of fused-ring (bicyclic) bond motifs is 2. The van der Waals surface area contributed by atoms with Gasteiger partial charge in [0, 0.05) is 46.6 Å². The SMILES string of the molecule is O=C(NC1N=CC2=CN(C(=O)c3sc4ccccc4c3Cl)CCC2=N1)c1ccccc1. The summed E-state index contributed by atoms with van der Waals surface area (Å²) >= 11 is 7.88. The number of hydrogen-bond donors (Lipinski definition) is 1. The number of carbonyl (C=O) groups is 2. The molecule has 2 amide bonds. The lowest BCUT2D eigenvalue weighted by Gasteiger charge is -2.27. The minimum absolute atomic E-state index is 0.134. The molecule has 8 heteroatoms. The molecule has 0 radical (unpaired) electrons. The van der Waals surface area contributed by atoms with Gasteiger partial charge in [-0.25, -0.2) is 9.98 Å². The first-order valence-electron chi connectivity index (χ1n) is 9.76. The maximum absolute atomic E-state index is 13.1. The van der Waals surface area contributed by atoms with Crippen molar-refractivity contribution in [1.82, 2.24) is 10.2 Å². The van der Waals surface area contributed by atoms with E-state index in [1.165, 1.54) is 11.3 Å². The number of carbonyl (C=O) groups excluding carboxylic acids is 2. The summed E-state index contributed by atoms with van der Waals surface area (Å²) in [5.74, 6) is -0.364. The zero-order valence-electron chi connectivity index (χ0n) is 16.3. The molecule has 0 saturated heterocycles. The fourth-order valence-electron chi connectivity index (χ4n) is 3.56. The highest BCUT2D eigenvalue weighted by Gasteiger charge is 2.27. The molecule has 154 valence electrons. The third-order valence-electron chi connectivity index (χ3n) is 5.14. The zero-order valence-corrected chi connectivity index (χ0v) is 17.9. The van der Waals surface area contributed by atoms with Crippen LogP contribution in [0.25, 0.3) is 10.1 Å². The summed E-state index contributed by atoms with van der Waals surface area (Å²) in [6, 6.07) is 16.7. The zero-order chi connectivity index (χ0) is 21.4. The minimum Gasteiger partial charge on any atom is -0.313 e. The van der Waals surface area contributed by atoms with E-state index in [4.69, 9.17) is 11.6 Å². The average molecular weight is 449 g/mol. The van der Waals surface area contributed by atoms with E-state index in [-0.39, 0.29) is 11.8 Å². The Hall–Kier alpha value is -3.29. The number of nitrogens with zero attached hydrogens (tertiary/aromatic N) is 3. The van der Waals surface area contributed by atoms with Crippen molar-refractivity contribution in [3.63, 3.8) is 0 Å². The van der Waals surface area contributed by atoms with Crippen molar-refractivity contribution < 1.29 is 9.59 Å². The molecule has 0 fully saturated rings. The molecule has 0 spiro atoms. The van der Waals surface area contributed by atoms with Gasteiger partial charge in [0.2, 0.25) is 6.29 Å². The van der Waals surface area contributed by atoms with Gasteiger partial charge in [0.25, 0.3) is 11.8 Å². The van der Waals surface area contributed by atoms with E-state index < -0.39 is 6.29 Å². The summed E-state index contributed by atoms with van der Waals surface area (Å²) in [4.78, 5) is 36.5. The van der Waals surface area contributed by atoms with Crippen LogP contribution >= 0.6 is 22.9 Å². The molecular formula is C23H17ClN4O2S. The van der Waals surface area contributed by atoms with Gasteiger partial charge in [-0.15, -0.1) is 11.3 Å². The number of amides is 2. The number of nitrogens with one attached hydrogen (secondary N) is 1. The Morgan fingerprint density at radius 3 is 2.68 bits per heavy atom. The standard InChI is InChI=1S/C23H17ClN4O2S/c24-19-16-8-4-5-9-18(16)31-20(19)22(30)28-11-10-17-15(13-28)12-25-23(26-17)27-21(29)14-6-2-1-3-7-14/h1-9,12-13,23H,10-11H2,(H,27,29). The van der Waals surface area contributed by atoms with E-state index >= 15 is 0 Å². The Bertz CT molecular complexity index is 1280. The lowest BCUT2D eigenvalue weighted by atomic mass is 10.0. The fourth-order valence-corrected chi connectivity index (χ4v) is 5.03. The molecule has 1 N–H and O–H groups in total. The van der Waals surface area contributed by atoms with Crippen molar-refractivity contribution >= 4 is 56.8 Å². The van der Waals surface area contributed by atoms with Crippen molar-refractivity contribution in [1.29, 1.82) is 0 Å².